The predicted octanol–water partition coefficient (Wildman–Crippen LogP) is 5.00. The molecule has 7 rings (SSSR count). The van der Waals surface area contributed by atoms with Crippen LogP contribution >= 0.6 is 11.3 Å². The van der Waals surface area contributed by atoms with Crippen LogP contribution in [-0.2, 0) is 37.0 Å². The largest absolute Gasteiger partial charge is 0.416 e. The van der Waals surface area contributed by atoms with Crippen LogP contribution in [0, 0.1) is 11.8 Å². The van der Waals surface area contributed by atoms with Gasteiger partial charge >= 0.3 is 6.18 Å². The van der Waals surface area contributed by atoms with Crippen LogP contribution in [0.15, 0.2) is 54.3 Å². The summed E-state index contributed by atoms with van der Waals surface area (Å²) in [5.74, 6) is 4.48. The summed E-state index contributed by atoms with van der Waals surface area (Å²) < 4.78 is 45.3. The number of alkyl halides is 3. The number of anilines is 1. The number of nitrogens with zero attached hydrogens (tertiary/aromatic N) is 5. The van der Waals surface area contributed by atoms with Crippen molar-refractivity contribution in [1.82, 2.24) is 24.3 Å². The van der Waals surface area contributed by atoms with Crippen LogP contribution in [0.5, 0.6) is 0 Å². The first-order valence-electron chi connectivity index (χ1n) is 15.4. The Kier molecular flexibility index (Phi) is 8.34. The average molecular weight is 661 g/mol. The number of halogens is 3. The standard InChI is InChI=1S/C34H31F3N6O3S/c35-34(36,37)27-17-23(8-5-21-3-6-22(7-4-21)18-41-13-9-24(44)10-14-41)16-25-26(27)19-43(32(25)46)30(31(45)40-33-38-11-15-47-33)29-28-2-1-12-42(28)20-39-29/h3-4,6-7,11,15-17,20,24,30,44H,1-2,9-10,12-14,18-19H2,(H,38,40,45). The minimum absolute atomic E-state index is 0.0499. The van der Waals surface area contributed by atoms with Gasteiger partial charge in [-0.05, 0) is 61.1 Å². The third-order valence-corrected chi connectivity index (χ3v) is 9.60. The number of imidazole rings is 1. The van der Waals surface area contributed by atoms with Crippen molar-refractivity contribution in [2.75, 3.05) is 18.4 Å². The summed E-state index contributed by atoms with van der Waals surface area (Å²) in [6.07, 6.45) is 1.11. The second-order valence-electron chi connectivity index (χ2n) is 12.0. The number of rotatable bonds is 6. The number of aryl methyl sites for hydroxylation is 1. The van der Waals surface area contributed by atoms with Crippen molar-refractivity contribution in [1.29, 1.82) is 0 Å². The molecule has 1 atom stereocenters. The highest BCUT2D eigenvalue weighted by Gasteiger charge is 2.45. The van der Waals surface area contributed by atoms with Gasteiger partial charge in [-0.3, -0.25) is 19.8 Å². The number of piperidine rings is 1. The van der Waals surface area contributed by atoms with Crippen molar-refractivity contribution < 1.29 is 27.9 Å². The van der Waals surface area contributed by atoms with Crippen molar-refractivity contribution in [3.05, 3.63) is 99.1 Å². The average Bonchev–Trinajstić information content (AvgIpc) is 3.85. The van der Waals surface area contributed by atoms with E-state index < -0.39 is 36.1 Å². The molecular weight excluding hydrogens is 629 g/mol. The van der Waals surface area contributed by atoms with E-state index in [0.29, 0.717) is 29.4 Å². The van der Waals surface area contributed by atoms with Crippen molar-refractivity contribution in [3.8, 4) is 11.8 Å². The molecule has 0 aliphatic carbocycles. The second kappa shape index (κ2) is 12.6. The van der Waals surface area contributed by atoms with E-state index in [1.54, 1.807) is 11.7 Å². The van der Waals surface area contributed by atoms with E-state index in [1.807, 2.05) is 28.8 Å². The molecule has 13 heteroatoms. The molecule has 0 saturated carbocycles. The zero-order valence-electron chi connectivity index (χ0n) is 25.3. The molecule has 1 fully saturated rings. The van der Waals surface area contributed by atoms with Crippen LogP contribution < -0.4 is 5.32 Å². The lowest BCUT2D eigenvalue weighted by molar-refractivity contribution is -0.138. The van der Waals surface area contributed by atoms with Crippen molar-refractivity contribution in [3.63, 3.8) is 0 Å². The highest BCUT2D eigenvalue weighted by atomic mass is 32.1. The number of fused-ring (bicyclic) bond motifs is 2. The zero-order valence-corrected chi connectivity index (χ0v) is 26.1. The number of thiazole rings is 1. The molecule has 1 saturated heterocycles. The van der Waals surface area contributed by atoms with E-state index in [0.717, 1.165) is 56.2 Å². The minimum atomic E-state index is -4.75. The van der Waals surface area contributed by atoms with E-state index in [-0.39, 0.29) is 22.8 Å². The molecule has 0 spiro atoms. The van der Waals surface area contributed by atoms with Gasteiger partial charge in [-0.2, -0.15) is 13.2 Å². The van der Waals surface area contributed by atoms with Gasteiger partial charge in [-0.25, -0.2) is 9.97 Å². The Hall–Kier alpha value is -4.51. The van der Waals surface area contributed by atoms with Crippen molar-refractivity contribution in [2.24, 2.45) is 0 Å². The van der Waals surface area contributed by atoms with Crippen LogP contribution in [0.4, 0.5) is 18.3 Å². The fraction of sp³-hybridized carbons (Fsp3) is 0.353. The summed E-state index contributed by atoms with van der Waals surface area (Å²) in [5.41, 5.74) is 1.62. The van der Waals surface area contributed by atoms with Gasteiger partial charge in [0.05, 0.1) is 23.7 Å². The maximum absolute atomic E-state index is 14.5. The molecule has 4 aromatic rings. The lowest BCUT2D eigenvalue weighted by atomic mass is 9.99. The van der Waals surface area contributed by atoms with E-state index in [2.05, 4.69) is 32.0 Å². The summed E-state index contributed by atoms with van der Waals surface area (Å²) in [6.45, 7) is 2.68. The quantitative estimate of drug-likeness (QED) is 0.283. The molecule has 2 amide bonds. The normalized spacial score (nSPS) is 17.3. The molecule has 5 heterocycles. The monoisotopic (exact) mass is 660 g/mol. The van der Waals surface area contributed by atoms with Gasteiger partial charge in [0, 0.05) is 66.7 Å². The molecule has 0 bridgehead atoms. The Morgan fingerprint density at radius 1 is 1.09 bits per heavy atom. The molecule has 2 aromatic heterocycles. The van der Waals surface area contributed by atoms with Gasteiger partial charge < -0.3 is 14.6 Å². The topological polar surface area (TPSA) is 104 Å². The van der Waals surface area contributed by atoms with Gasteiger partial charge in [0.25, 0.3) is 11.8 Å². The zero-order chi connectivity index (χ0) is 32.7. The number of benzene rings is 2. The number of nitrogens with one attached hydrogen (secondary N) is 1. The molecule has 2 aromatic carbocycles. The number of hydrogen-bond donors (Lipinski definition) is 2. The van der Waals surface area contributed by atoms with Gasteiger partial charge in [-0.15, -0.1) is 11.3 Å². The fourth-order valence-corrected chi connectivity index (χ4v) is 7.07. The number of aliphatic hydroxyl groups is 1. The highest BCUT2D eigenvalue weighted by Crippen LogP contribution is 2.41. The lowest BCUT2D eigenvalue weighted by Crippen LogP contribution is -2.38. The van der Waals surface area contributed by atoms with Crippen LogP contribution in [0.3, 0.4) is 0 Å². The molecule has 47 heavy (non-hydrogen) atoms. The van der Waals surface area contributed by atoms with E-state index in [4.69, 9.17) is 0 Å². The molecule has 242 valence electrons. The number of carbonyl (C=O) groups is 2. The van der Waals surface area contributed by atoms with E-state index >= 15 is 0 Å². The third kappa shape index (κ3) is 6.41. The van der Waals surface area contributed by atoms with Crippen LogP contribution in [0.2, 0.25) is 0 Å². The molecular formula is C34H31F3N6O3S. The number of amides is 2. The third-order valence-electron chi connectivity index (χ3n) is 8.92. The molecule has 3 aliphatic rings. The number of hydrogen-bond acceptors (Lipinski definition) is 7. The van der Waals surface area contributed by atoms with Crippen LogP contribution in [-0.4, -0.2) is 60.4 Å². The summed E-state index contributed by atoms with van der Waals surface area (Å²) in [5, 5.41) is 14.5. The molecule has 9 nitrogen and oxygen atoms in total. The van der Waals surface area contributed by atoms with Gasteiger partial charge in [0.1, 0.15) is 0 Å². The number of aromatic nitrogens is 3. The summed E-state index contributed by atoms with van der Waals surface area (Å²) in [6, 6.07) is 8.61. The number of likely N-dealkylation sites (tertiary alicyclic amines) is 1. The molecule has 0 radical (unpaired) electrons. The predicted molar refractivity (Wildman–Crippen MR) is 168 cm³/mol. The second-order valence-corrected chi connectivity index (χ2v) is 12.9. The fourth-order valence-electron chi connectivity index (χ4n) is 6.54. The Balaban J connectivity index is 1.17. The maximum Gasteiger partial charge on any atom is 0.416 e. The Morgan fingerprint density at radius 3 is 2.57 bits per heavy atom. The van der Waals surface area contributed by atoms with Crippen molar-refractivity contribution >= 4 is 28.3 Å². The van der Waals surface area contributed by atoms with Gasteiger partial charge in [0.2, 0.25) is 0 Å². The first kappa shape index (κ1) is 31.1. The van der Waals surface area contributed by atoms with Crippen LogP contribution in [0.1, 0.15) is 74.9 Å². The lowest BCUT2D eigenvalue weighted by Gasteiger charge is -2.29. The van der Waals surface area contributed by atoms with Crippen LogP contribution in [0.25, 0.3) is 0 Å². The smallest absolute Gasteiger partial charge is 0.393 e. The molecule has 1 unspecified atom stereocenters. The Bertz CT molecular complexity index is 1870. The van der Waals surface area contributed by atoms with Crippen molar-refractivity contribution in [2.45, 2.75) is 63.6 Å². The number of aliphatic hydroxyl groups excluding tert-OH is 1. The summed E-state index contributed by atoms with van der Waals surface area (Å²) in [4.78, 5) is 39.6. The van der Waals surface area contributed by atoms with Gasteiger partial charge in [0.15, 0.2) is 11.2 Å². The van der Waals surface area contributed by atoms with E-state index in [1.165, 1.54) is 28.5 Å². The number of carbonyl (C=O) groups excluding carboxylic acids is 2. The summed E-state index contributed by atoms with van der Waals surface area (Å²) >= 11 is 1.20. The Morgan fingerprint density at radius 2 is 1.85 bits per heavy atom. The van der Waals surface area contributed by atoms with Gasteiger partial charge in [-0.1, -0.05) is 24.0 Å². The van der Waals surface area contributed by atoms with E-state index in [9.17, 15) is 27.9 Å². The Labute approximate surface area is 273 Å². The molecule has 3 aliphatic heterocycles. The molecule has 2 N–H and O–H groups in total. The minimum Gasteiger partial charge on any atom is -0.393 e. The first-order chi connectivity index (χ1) is 22.6. The first-order valence-corrected chi connectivity index (χ1v) is 16.3. The summed E-state index contributed by atoms with van der Waals surface area (Å²) in [7, 11) is 0. The SMILES string of the molecule is O=C(Nc1nccs1)C(c1ncn2c1CCC2)N1Cc2c(cc(C#Cc3ccc(CN4CCC(O)CC4)cc3)cc2C(F)(F)F)C1=O. The maximum atomic E-state index is 14.5. The highest BCUT2D eigenvalue weighted by molar-refractivity contribution is 7.13.